The molecule has 1 aromatic rings. The lowest BCUT2D eigenvalue weighted by Crippen LogP contribution is -2.43. The van der Waals surface area contributed by atoms with Crippen LogP contribution >= 0.6 is 11.6 Å². The number of halogens is 1. The summed E-state index contributed by atoms with van der Waals surface area (Å²) in [4.78, 5) is 34.8. The number of amides is 1. The fraction of sp³-hybridized carbons (Fsp3) is 0.471. The molecule has 0 aliphatic heterocycles. The number of benzene rings is 1. The molecule has 0 aromatic heterocycles. The molecule has 0 bridgehead atoms. The van der Waals surface area contributed by atoms with Gasteiger partial charge in [0.25, 0.3) is 0 Å². The summed E-state index contributed by atoms with van der Waals surface area (Å²) in [6, 6.07) is 5.69. The molecule has 0 saturated heterocycles. The third-order valence-electron chi connectivity index (χ3n) is 3.02. The monoisotopic (exact) mass is 355 g/mol. The molecule has 0 fully saturated rings. The van der Waals surface area contributed by atoms with E-state index in [2.05, 4.69) is 5.32 Å². The SMILES string of the molecule is CC(C)(C)OC(=O)N[C@H](CCC(=O)Cc1ccc(Cl)cc1)C(=O)O. The Morgan fingerprint density at radius 2 is 1.79 bits per heavy atom. The van der Waals surface area contributed by atoms with Gasteiger partial charge in [0.15, 0.2) is 0 Å². The summed E-state index contributed by atoms with van der Waals surface area (Å²) in [6.45, 7) is 5.04. The zero-order valence-corrected chi connectivity index (χ0v) is 14.7. The molecule has 2 N–H and O–H groups in total. The Morgan fingerprint density at radius 3 is 2.29 bits per heavy atom. The van der Waals surface area contributed by atoms with Crippen LogP contribution in [0.4, 0.5) is 4.79 Å². The minimum absolute atomic E-state index is 0.000991. The van der Waals surface area contributed by atoms with Crippen LogP contribution in [0.3, 0.4) is 0 Å². The van der Waals surface area contributed by atoms with Crippen molar-refractivity contribution in [2.45, 2.75) is 51.7 Å². The summed E-state index contributed by atoms with van der Waals surface area (Å²) in [5.74, 6) is -1.32. The lowest BCUT2D eigenvalue weighted by molar-refractivity contribution is -0.139. The van der Waals surface area contributed by atoms with E-state index in [4.69, 9.17) is 21.4 Å². The number of hydrogen-bond acceptors (Lipinski definition) is 4. The molecule has 0 heterocycles. The number of carboxylic acid groups (broad SMARTS) is 1. The van der Waals surface area contributed by atoms with Crippen molar-refractivity contribution in [2.75, 3.05) is 0 Å². The van der Waals surface area contributed by atoms with Crippen molar-refractivity contribution in [3.05, 3.63) is 34.9 Å². The van der Waals surface area contributed by atoms with Crippen LogP contribution < -0.4 is 5.32 Å². The van der Waals surface area contributed by atoms with E-state index in [0.717, 1.165) is 5.56 Å². The van der Waals surface area contributed by atoms with Crippen molar-refractivity contribution in [3.63, 3.8) is 0 Å². The van der Waals surface area contributed by atoms with Crippen LogP contribution in [-0.4, -0.2) is 34.6 Å². The van der Waals surface area contributed by atoms with Gasteiger partial charge in [-0.1, -0.05) is 23.7 Å². The van der Waals surface area contributed by atoms with Crippen molar-refractivity contribution in [1.29, 1.82) is 0 Å². The van der Waals surface area contributed by atoms with Crippen molar-refractivity contribution in [3.8, 4) is 0 Å². The average Bonchev–Trinajstić information content (AvgIpc) is 2.43. The molecule has 1 rings (SSSR count). The number of hydrogen-bond donors (Lipinski definition) is 2. The van der Waals surface area contributed by atoms with E-state index in [0.29, 0.717) is 5.02 Å². The molecule has 0 aliphatic carbocycles. The largest absolute Gasteiger partial charge is 0.480 e. The van der Waals surface area contributed by atoms with E-state index in [9.17, 15) is 14.4 Å². The smallest absolute Gasteiger partial charge is 0.408 e. The Bertz CT molecular complexity index is 592. The van der Waals surface area contributed by atoms with Crippen LogP contribution in [-0.2, 0) is 20.7 Å². The summed E-state index contributed by atoms with van der Waals surface area (Å²) in [5, 5.41) is 12.0. The van der Waals surface area contributed by atoms with Crippen LogP contribution in [0.5, 0.6) is 0 Å². The second-order valence-electron chi connectivity index (χ2n) is 6.42. The number of alkyl carbamates (subject to hydrolysis) is 1. The molecule has 24 heavy (non-hydrogen) atoms. The zero-order chi connectivity index (χ0) is 18.3. The molecular formula is C17H22ClNO5. The van der Waals surface area contributed by atoms with E-state index in [-0.39, 0.29) is 25.0 Å². The van der Waals surface area contributed by atoms with E-state index < -0.39 is 23.7 Å². The highest BCUT2D eigenvalue weighted by Gasteiger charge is 2.24. The lowest BCUT2D eigenvalue weighted by atomic mass is 10.0. The molecule has 1 aromatic carbocycles. The van der Waals surface area contributed by atoms with E-state index >= 15 is 0 Å². The quantitative estimate of drug-likeness (QED) is 0.783. The number of ether oxygens (including phenoxy) is 1. The van der Waals surface area contributed by atoms with Crippen LogP contribution in [0.2, 0.25) is 5.02 Å². The number of Topliss-reactive ketones (excluding diaryl/α,β-unsaturated/α-hetero) is 1. The number of carbonyl (C=O) groups is 3. The molecule has 0 spiro atoms. The van der Waals surface area contributed by atoms with Gasteiger partial charge in [-0.2, -0.15) is 0 Å². The number of carbonyl (C=O) groups excluding carboxylic acids is 2. The Balaban J connectivity index is 2.50. The second kappa shape index (κ2) is 8.68. The lowest BCUT2D eigenvalue weighted by Gasteiger charge is -2.21. The first kappa shape index (κ1) is 20.0. The van der Waals surface area contributed by atoms with Crippen LogP contribution in [0, 0.1) is 0 Å². The van der Waals surface area contributed by atoms with Crippen LogP contribution in [0.25, 0.3) is 0 Å². The fourth-order valence-electron chi connectivity index (χ4n) is 1.93. The Morgan fingerprint density at radius 1 is 1.21 bits per heavy atom. The number of nitrogens with one attached hydrogen (secondary N) is 1. The topological polar surface area (TPSA) is 92.7 Å². The number of carboxylic acids is 1. The minimum Gasteiger partial charge on any atom is -0.480 e. The molecule has 0 aliphatic rings. The normalized spacial score (nSPS) is 12.3. The van der Waals surface area contributed by atoms with E-state index in [1.54, 1.807) is 45.0 Å². The Kier molecular flexibility index (Phi) is 7.22. The van der Waals surface area contributed by atoms with Gasteiger partial charge in [0.2, 0.25) is 0 Å². The van der Waals surface area contributed by atoms with Crippen LogP contribution in [0.15, 0.2) is 24.3 Å². The van der Waals surface area contributed by atoms with Gasteiger partial charge < -0.3 is 15.2 Å². The van der Waals surface area contributed by atoms with Gasteiger partial charge in [0.05, 0.1) is 0 Å². The zero-order valence-electron chi connectivity index (χ0n) is 14.0. The maximum atomic E-state index is 12.0. The van der Waals surface area contributed by atoms with Crippen molar-refractivity contribution in [2.24, 2.45) is 0 Å². The van der Waals surface area contributed by atoms with E-state index in [1.165, 1.54) is 0 Å². The summed E-state index contributed by atoms with van der Waals surface area (Å²) in [6.07, 6.45) is -0.591. The predicted molar refractivity (Wildman–Crippen MR) is 90.2 cm³/mol. The first-order valence-corrected chi connectivity index (χ1v) is 7.93. The third kappa shape index (κ3) is 7.97. The van der Waals surface area contributed by atoms with Crippen molar-refractivity contribution in [1.82, 2.24) is 5.32 Å². The first-order valence-electron chi connectivity index (χ1n) is 7.55. The highest BCUT2D eigenvalue weighted by Crippen LogP contribution is 2.12. The maximum Gasteiger partial charge on any atom is 0.408 e. The predicted octanol–water partition coefficient (Wildman–Crippen LogP) is 3.21. The molecule has 1 atom stereocenters. The first-order chi connectivity index (χ1) is 11.1. The third-order valence-corrected chi connectivity index (χ3v) is 3.27. The van der Waals surface area contributed by atoms with Gasteiger partial charge in [-0.3, -0.25) is 4.79 Å². The van der Waals surface area contributed by atoms with Gasteiger partial charge in [-0.15, -0.1) is 0 Å². The second-order valence-corrected chi connectivity index (χ2v) is 6.85. The summed E-state index contributed by atoms with van der Waals surface area (Å²) < 4.78 is 5.02. The molecule has 7 heteroatoms. The van der Waals surface area contributed by atoms with Crippen molar-refractivity contribution >= 4 is 29.4 Å². The summed E-state index contributed by atoms with van der Waals surface area (Å²) >= 11 is 5.78. The van der Waals surface area contributed by atoms with E-state index in [1.807, 2.05) is 0 Å². The molecular weight excluding hydrogens is 334 g/mol. The molecule has 0 radical (unpaired) electrons. The maximum absolute atomic E-state index is 12.0. The summed E-state index contributed by atoms with van der Waals surface area (Å²) in [7, 11) is 0. The molecule has 6 nitrogen and oxygen atoms in total. The standard InChI is InChI=1S/C17H22ClNO5/c1-17(2,3)24-16(23)19-14(15(21)22)9-8-13(20)10-11-4-6-12(18)7-5-11/h4-7,14H,8-10H2,1-3H3,(H,19,23)(H,21,22)/t14-/m1/s1. The van der Waals surface area contributed by atoms with Gasteiger partial charge in [0, 0.05) is 17.9 Å². The fourth-order valence-corrected chi connectivity index (χ4v) is 2.06. The molecule has 1 amide bonds. The number of rotatable bonds is 7. The summed E-state index contributed by atoms with van der Waals surface area (Å²) in [5.41, 5.74) is 0.0775. The number of ketones is 1. The number of aliphatic carboxylic acids is 1. The Labute approximate surface area is 146 Å². The highest BCUT2D eigenvalue weighted by atomic mass is 35.5. The van der Waals surface area contributed by atoms with Gasteiger partial charge in [-0.05, 0) is 44.9 Å². The van der Waals surface area contributed by atoms with Gasteiger partial charge in [0.1, 0.15) is 17.4 Å². The van der Waals surface area contributed by atoms with Crippen LogP contribution in [0.1, 0.15) is 39.2 Å². The van der Waals surface area contributed by atoms with Gasteiger partial charge in [-0.25, -0.2) is 9.59 Å². The molecule has 0 saturated carbocycles. The minimum atomic E-state index is -1.21. The molecule has 132 valence electrons. The van der Waals surface area contributed by atoms with Crippen molar-refractivity contribution < 1.29 is 24.2 Å². The van der Waals surface area contributed by atoms with Gasteiger partial charge >= 0.3 is 12.1 Å². The Hall–Kier alpha value is -2.08. The highest BCUT2D eigenvalue weighted by molar-refractivity contribution is 6.30. The average molecular weight is 356 g/mol. The molecule has 0 unspecified atom stereocenters.